The van der Waals surface area contributed by atoms with E-state index in [0.717, 1.165) is 11.1 Å². The number of anilines is 1. The predicted octanol–water partition coefficient (Wildman–Crippen LogP) is 3.28. The van der Waals surface area contributed by atoms with Gasteiger partial charge in [0.15, 0.2) is 5.82 Å². The van der Waals surface area contributed by atoms with E-state index in [0.29, 0.717) is 28.1 Å². The van der Waals surface area contributed by atoms with E-state index in [9.17, 15) is 0 Å². The number of rotatable bonds is 3. The van der Waals surface area contributed by atoms with Crippen LogP contribution in [0.4, 0.5) is 5.69 Å². The Kier molecular flexibility index (Phi) is 3.77. The summed E-state index contributed by atoms with van der Waals surface area (Å²) < 4.78 is 1.70. The molecule has 2 N–H and O–H groups in total. The van der Waals surface area contributed by atoms with E-state index in [-0.39, 0.29) is 0 Å². The van der Waals surface area contributed by atoms with Crippen LogP contribution in [0, 0.1) is 0 Å². The molecule has 0 amide bonds. The van der Waals surface area contributed by atoms with Crippen molar-refractivity contribution in [1.29, 1.82) is 0 Å². The molecule has 0 spiro atoms. The molecule has 106 valence electrons. The van der Waals surface area contributed by atoms with Crippen LogP contribution in [0.2, 0.25) is 10.0 Å². The highest BCUT2D eigenvalue weighted by Crippen LogP contribution is 2.25. The molecule has 0 aliphatic carbocycles. The van der Waals surface area contributed by atoms with E-state index in [1.807, 2.05) is 30.3 Å². The summed E-state index contributed by atoms with van der Waals surface area (Å²) in [5.74, 6) is 0.633. The molecule has 0 bridgehead atoms. The fourth-order valence-electron chi connectivity index (χ4n) is 1.96. The Hall–Kier alpha value is -2.11. The van der Waals surface area contributed by atoms with Crippen LogP contribution in [-0.2, 0) is 6.54 Å². The molecular formula is C14H11Cl2N5. The minimum atomic E-state index is 0.496. The number of benzene rings is 2. The van der Waals surface area contributed by atoms with Crippen molar-refractivity contribution < 1.29 is 0 Å². The highest BCUT2D eigenvalue weighted by Gasteiger charge is 2.10. The van der Waals surface area contributed by atoms with Crippen molar-refractivity contribution in [3.05, 3.63) is 58.1 Å². The Bertz CT molecular complexity index is 767. The molecule has 1 heterocycles. The number of nitrogens with two attached hydrogens (primary N) is 1. The third kappa shape index (κ3) is 2.99. The molecule has 1 aromatic heterocycles. The molecule has 3 rings (SSSR count). The molecule has 3 aromatic rings. The Morgan fingerprint density at radius 2 is 1.81 bits per heavy atom. The average molecular weight is 320 g/mol. The van der Waals surface area contributed by atoms with Crippen LogP contribution in [0.1, 0.15) is 5.56 Å². The number of aromatic nitrogens is 4. The summed E-state index contributed by atoms with van der Waals surface area (Å²) in [6.07, 6.45) is 0. The Balaban J connectivity index is 1.93. The van der Waals surface area contributed by atoms with Gasteiger partial charge in [0.05, 0.1) is 17.3 Å². The monoisotopic (exact) mass is 319 g/mol. The van der Waals surface area contributed by atoms with Crippen LogP contribution in [0.15, 0.2) is 42.5 Å². The van der Waals surface area contributed by atoms with E-state index in [4.69, 9.17) is 28.9 Å². The zero-order chi connectivity index (χ0) is 14.8. The first-order valence-electron chi connectivity index (χ1n) is 6.19. The summed E-state index contributed by atoms with van der Waals surface area (Å²) in [6, 6.07) is 12.9. The van der Waals surface area contributed by atoms with Gasteiger partial charge in [0.2, 0.25) is 0 Å². The van der Waals surface area contributed by atoms with Gasteiger partial charge < -0.3 is 5.73 Å². The molecular weight excluding hydrogens is 309 g/mol. The van der Waals surface area contributed by atoms with Gasteiger partial charge >= 0.3 is 0 Å². The normalized spacial score (nSPS) is 10.8. The van der Waals surface area contributed by atoms with Crippen LogP contribution in [0.25, 0.3) is 11.4 Å². The lowest BCUT2D eigenvalue weighted by Gasteiger charge is -2.06. The van der Waals surface area contributed by atoms with E-state index in [1.54, 1.807) is 16.8 Å². The maximum Gasteiger partial charge on any atom is 0.182 e. The molecule has 5 nitrogen and oxygen atoms in total. The average Bonchev–Trinajstić information content (AvgIpc) is 2.92. The SMILES string of the molecule is Nc1cc(-c2nnnn2Cc2ccc(Cl)cc2)ccc1Cl. The summed E-state index contributed by atoms with van der Waals surface area (Å²) in [6.45, 7) is 0.544. The second-order valence-corrected chi connectivity index (χ2v) is 5.37. The molecule has 0 aliphatic heterocycles. The van der Waals surface area contributed by atoms with Crippen molar-refractivity contribution in [2.24, 2.45) is 0 Å². The molecule has 21 heavy (non-hydrogen) atoms. The molecule has 0 saturated carbocycles. The Morgan fingerprint density at radius 3 is 2.52 bits per heavy atom. The van der Waals surface area contributed by atoms with Crippen molar-refractivity contribution >= 4 is 28.9 Å². The van der Waals surface area contributed by atoms with E-state index < -0.39 is 0 Å². The maximum atomic E-state index is 5.93. The van der Waals surface area contributed by atoms with Gasteiger partial charge in [0.25, 0.3) is 0 Å². The summed E-state index contributed by atoms with van der Waals surface area (Å²) in [5.41, 5.74) is 8.18. The van der Waals surface area contributed by atoms with Crippen molar-refractivity contribution in [1.82, 2.24) is 20.2 Å². The number of hydrogen-bond donors (Lipinski definition) is 1. The topological polar surface area (TPSA) is 69.6 Å². The van der Waals surface area contributed by atoms with E-state index in [1.165, 1.54) is 0 Å². The van der Waals surface area contributed by atoms with Crippen molar-refractivity contribution in [2.45, 2.75) is 6.54 Å². The lowest BCUT2D eigenvalue weighted by atomic mass is 10.2. The van der Waals surface area contributed by atoms with Gasteiger partial charge in [-0.3, -0.25) is 0 Å². The zero-order valence-corrected chi connectivity index (χ0v) is 12.4. The van der Waals surface area contributed by atoms with Crippen LogP contribution >= 0.6 is 23.2 Å². The molecule has 0 radical (unpaired) electrons. The second kappa shape index (κ2) is 5.71. The summed E-state index contributed by atoms with van der Waals surface area (Å²) in [5, 5.41) is 13.0. The van der Waals surface area contributed by atoms with Crippen LogP contribution < -0.4 is 5.73 Å². The highest BCUT2D eigenvalue weighted by atomic mass is 35.5. The summed E-state index contributed by atoms with van der Waals surface area (Å²) >= 11 is 11.8. The molecule has 0 unspecified atom stereocenters. The van der Waals surface area contributed by atoms with Gasteiger partial charge in [-0.15, -0.1) is 5.10 Å². The first-order chi connectivity index (χ1) is 10.1. The number of hydrogen-bond acceptors (Lipinski definition) is 4. The highest BCUT2D eigenvalue weighted by molar-refractivity contribution is 6.33. The summed E-state index contributed by atoms with van der Waals surface area (Å²) in [7, 11) is 0. The van der Waals surface area contributed by atoms with Crippen molar-refractivity contribution in [3.63, 3.8) is 0 Å². The second-order valence-electron chi connectivity index (χ2n) is 4.52. The van der Waals surface area contributed by atoms with Gasteiger partial charge in [0.1, 0.15) is 0 Å². The van der Waals surface area contributed by atoms with Gasteiger partial charge in [-0.25, -0.2) is 4.68 Å². The van der Waals surface area contributed by atoms with Gasteiger partial charge in [-0.1, -0.05) is 35.3 Å². The van der Waals surface area contributed by atoms with E-state index in [2.05, 4.69) is 15.5 Å². The number of nitrogens with zero attached hydrogens (tertiary/aromatic N) is 4. The Labute approximate surface area is 131 Å². The molecule has 2 aromatic carbocycles. The fraction of sp³-hybridized carbons (Fsp3) is 0.0714. The van der Waals surface area contributed by atoms with Crippen LogP contribution in [0.3, 0.4) is 0 Å². The molecule has 0 aliphatic rings. The lowest BCUT2D eigenvalue weighted by molar-refractivity contribution is 0.653. The van der Waals surface area contributed by atoms with Gasteiger partial charge in [-0.05, 0) is 46.3 Å². The standard InChI is InChI=1S/C14H11Cl2N5/c15-11-4-1-9(2-5-11)8-21-14(18-19-20-21)10-3-6-12(16)13(17)7-10/h1-7H,8,17H2. The first-order valence-corrected chi connectivity index (χ1v) is 6.95. The van der Waals surface area contributed by atoms with E-state index >= 15 is 0 Å². The van der Waals surface area contributed by atoms with Crippen LogP contribution in [0.5, 0.6) is 0 Å². The number of nitrogen functional groups attached to an aromatic ring is 1. The minimum Gasteiger partial charge on any atom is -0.398 e. The fourth-order valence-corrected chi connectivity index (χ4v) is 2.21. The molecule has 0 fully saturated rings. The smallest absolute Gasteiger partial charge is 0.182 e. The van der Waals surface area contributed by atoms with Gasteiger partial charge in [0, 0.05) is 10.6 Å². The third-order valence-electron chi connectivity index (χ3n) is 3.03. The largest absolute Gasteiger partial charge is 0.398 e. The van der Waals surface area contributed by atoms with Crippen molar-refractivity contribution in [2.75, 3.05) is 5.73 Å². The lowest BCUT2D eigenvalue weighted by Crippen LogP contribution is -2.04. The quantitative estimate of drug-likeness (QED) is 0.752. The van der Waals surface area contributed by atoms with Gasteiger partial charge in [-0.2, -0.15) is 0 Å². The predicted molar refractivity (Wildman–Crippen MR) is 83.2 cm³/mol. The Morgan fingerprint density at radius 1 is 1.05 bits per heavy atom. The van der Waals surface area contributed by atoms with Crippen LogP contribution in [-0.4, -0.2) is 20.2 Å². The summed E-state index contributed by atoms with van der Waals surface area (Å²) in [4.78, 5) is 0. The van der Waals surface area contributed by atoms with Crippen molar-refractivity contribution in [3.8, 4) is 11.4 Å². The number of tetrazole rings is 1. The zero-order valence-electron chi connectivity index (χ0n) is 10.9. The maximum absolute atomic E-state index is 5.93. The minimum absolute atomic E-state index is 0.496. The molecule has 7 heteroatoms. The molecule has 0 saturated heterocycles. The number of halogens is 2. The first kappa shape index (κ1) is 13.9. The third-order valence-corrected chi connectivity index (χ3v) is 3.63. The molecule has 0 atom stereocenters.